The van der Waals surface area contributed by atoms with Crippen molar-refractivity contribution >= 4 is 11.9 Å². The highest BCUT2D eigenvalue weighted by molar-refractivity contribution is 5.80. The maximum atomic E-state index is 12.7. The number of amides is 1. The molecule has 8 heteroatoms. The summed E-state index contributed by atoms with van der Waals surface area (Å²) in [5.74, 6) is 0.554. The predicted molar refractivity (Wildman–Crippen MR) is 96.6 cm³/mol. The number of hydrogen-bond donors (Lipinski definition) is 1. The molecule has 3 rings (SSSR count). The molecule has 144 valence electrons. The van der Waals surface area contributed by atoms with E-state index in [9.17, 15) is 13.6 Å². The lowest BCUT2D eigenvalue weighted by atomic mass is 9.96. The molecule has 0 spiro atoms. The van der Waals surface area contributed by atoms with E-state index >= 15 is 0 Å². The summed E-state index contributed by atoms with van der Waals surface area (Å²) in [5.41, 5.74) is 0.823. The summed E-state index contributed by atoms with van der Waals surface area (Å²) in [6.45, 7) is 0.413. The molecule has 2 aromatic rings. The van der Waals surface area contributed by atoms with Crippen molar-refractivity contribution in [2.75, 3.05) is 18.0 Å². The average molecular weight is 376 g/mol. The fourth-order valence-corrected chi connectivity index (χ4v) is 3.18. The number of alkyl halides is 2. The Morgan fingerprint density at radius 3 is 2.63 bits per heavy atom. The molecule has 2 unspecified atom stereocenters. The van der Waals surface area contributed by atoms with Crippen LogP contribution in [0.25, 0.3) is 0 Å². The molecule has 1 aromatic carbocycles. The van der Waals surface area contributed by atoms with Gasteiger partial charge in [0.1, 0.15) is 5.75 Å². The minimum absolute atomic E-state index is 0.0314. The van der Waals surface area contributed by atoms with Gasteiger partial charge in [-0.3, -0.25) is 4.79 Å². The molecule has 1 aliphatic rings. The maximum Gasteiger partial charge on any atom is 0.387 e. The Balaban J connectivity index is 1.57. The van der Waals surface area contributed by atoms with Crippen molar-refractivity contribution < 1.29 is 18.3 Å². The van der Waals surface area contributed by atoms with E-state index in [0.717, 1.165) is 24.9 Å². The molecule has 1 aliphatic heterocycles. The third-order valence-corrected chi connectivity index (χ3v) is 4.59. The zero-order chi connectivity index (χ0) is 19.2. The number of rotatable bonds is 6. The van der Waals surface area contributed by atoms with Gasteiger partial charge >= 0.3 is 6.61 Å². The molecule has 0 saturated carbocycles. The number of piperidine rings is 1. The number of benzene rings is 1. The number of anilines is 1. The lowest BCUT2D eigenvalue weighted by Crippen LogP contribution is -2.44. The molecule has 1 amide bonds. The molecule has 2 atom stereocenters. The van der Waals surface area contributed by atoms with E-state index in [2.05, 4.69) is 20.0 Å². The Hall–Kier alpha value is -2.77. The van der Waals surface area contributed by atoms with Crippen molar-refractivity contribution in [1.29, 1.82) is 0 Å². The van der Waals surface area contributed by atoms with Gasteiger partial charge in [-0.25, -0.2) is 9.97 Å². The van der Waals surface area contributed by atoms with E-state index in [0.29, 0.717) is 12.5 Å². The van der Waals surface area contributed by atoms with Crippen molar-refractivity contribution in [2.45, 2.75) is 32.4 Å². The van der Waals surface area contributed by atoms with Crippen LogP contribution in [-0.2, 0) is 4.79 Å². The number of nitrogens with one attached hydrogen (secondary N) is 1. The monoisotopic (exact) mass is 376 g/mol. The largest absolute Gasteiger partial charge is 0.435 e. The van der Waals surface area contributed by atoms with Crippen LogP contribution < -0.4 is 15.0 Å². The summed E-state index contributed by atoms with van der Waals surface area (Å²) in [4.78, 5) is 23.2. The highest BCUT2D eigenvalue weighted by Crippen LogP contribution is 2.23. The van der Waals surface area contributed by atoms with Crippen molar-refractivity contribution in [2.24, 2.45) is 5.92 Å². The van der Waals surface area contributed by atoms with Gasteiger partial charge < -0.3 is 15.0 Å². The van der Waals surface area contributed by atoms with Crippen LogP contribution in [0, 0.1) is 5.92 Å². The van der Waals surface area contributed by atoms with E-state index in [-0.39, 0.29) is 23.6 Å². The van der Waals surface area contributed by atoms with Gasteiger partial charge in [0, 0.05) is 25.5 Å². The van der Waals surface area contributed by atoms with Crippen LogP contribution in [0.4, 0.5) is 14.7 Å². The molecule has 1 N–H and O–H groups in total. The van der Waals surface area contributed by atoms with Gasteiger partial charge in [0.2, 0.25) is 11.9 Å². The van der Waals surface area contributed by atoms with Gasteiger partial charge in [-0.05, 0) is 43.5 Å². The molecule has 1 aromatic heterocycles. The molecule has 1 fully saturated rings. The number of carbonyl (C=O) groups excluding carboxylic acids is 1. The van der Waals surface area contributed by atoms with E-state index in [1.807, 2.05) is 11.8 Å². The molecule has 6 nitrogen and oxygen atoms in total. The molecule has 2 heterocycles. The van der Waals surface area contributed by atoms with E-state index in [1.54, 1.807) is 30.6 Å². The third-order valence-electron chi connectivity index (χ3n) is 4.59. The zero-order valence-electron chi connectivity index (χ0n) is 15.0. The summed E-state index contributed by atoms with van der Waals surface area (Å²) < 4.78 is 28.8. The number of nitrogens with zero attached hydrogens (tertiary/aromatic N) is 3. The fourth-order valence-electron chi connectivity index (χ4n) is 3.18. The number of carbonyl (C=O) groups is 1. The predicted octanol–water partition coefficient (Wildman–Crippen LogP) is 3.17. The minimum atomic E-state index is -2.85. The van der Waals surface area contributed by atoms with Crippen LogP contribution in [0.5, 0.6) is 5.75 Å². The Morgan fingerprint density at radius 1 is 1.26 bits per heavy atom. The summed E-state index contributed by atoms with van der Waals surface area (Å²) in [6, 6.07) is 7.82. The number of hydrogen-bond acceptors (Lipinski definition) is 5. The second kappa shape index (κ2) is 8.75. The van der Waals surface area contributed by atoms with Crippen LogP contribution in [-0.4, -0.2) is 35.6 Å². The molecule has 0 radical (unpaired) electrons. The normalized spacial score (nSPS) is 18.2. The van der Waals surface area contributed by atoms with Crippen molar-refractivity contribution in [3.63, 3.8) is 0 Å². The summed E-state index contributed by atoms with van der Waals surface area (Å²) in [5, 5.41) is 3.00. The Morgan fingerprint density at radius 2 is 1.96 bits per heavy atom. The quantitative estimate of drug-likeness (QED) is 0.839. The van der Waals surface area contributed by atoms with Gasteiger partial charge in [-0.2, -0.15) is 8.78 Å². The summed E-state index contributed by atoms with van der Waals surface area (Å²) in [6.07, 6.45) is 5.08. The van der Waals surface area contributed by atoms with Gasteiger partial charge in [0.05, 0.1) is 12.0 Å². The standard InChI is InChI=1S/C19H22F2N4O2/c1-13(14-5-7-16(8-6-14)27-18(20)21)24-17(26)15-4-2-11-25(12-15)19-22-9-3-10-23-19/h3,5-10,13,15,18H,2,4,11-12H2,1H3,(H,24,26). The summed E-state index contributed by atoms with van der Waals surface area (Å²) in [7, 11) is 0. The smallest absolute Gasteiger partial charge is 0.387 e. The maximum absolute atomic E-state index is 12.7. The van der Waals surface area contributed by atoms with Crippen molar-refractivity contribution in [3.05, 3.63) is 48.3 Å². The minimum Gasteiger partial charge on any atom is -0.435 e. The first-order chi connectivity index (χ1) is 13.0. The lowest BCUT2D eigenvalue weighted by molar-refractivity contribution is -0.125. The van der Waals surface area contributed by atoms with Crippen LogP contribution in [0.2, 0.25) is 0 Å². The Kier molecular flexibility index (Phi) is 6.16. The highest BCUT2D eigenvalue weighted by Gasteiger charge is 2.27. The second-order valence-corrected chi connectivity index (χ2v) is 6.51. The molecule has 0 bridgehead atoms. The molecular formula is C19H22F2N4O2. The fraction of sp³-hybridized carbons (Fsp3) is 0.421. The molecule has 1 saturated heterocycles. The Bertz CT molecular complexity index is 743. The lowest BCUT2D eigenvalue weighted by Gasteiger charge is -2.32. The van der Waals surface area contributed by atoms with Gasteiger partial charge in [-0.1, -0.05) is 12.1 Å². The van der Waals surface area contributed by atoms with Crippen LogP contribution in [0.15, 0.2) is 42.7 Å². The van der Waals surface area contributed by atoms with E-state index in [4.69, 9.17) is 0 Å². The number of halogens is 2. The van der Waals surface area contributed by atoms with Crippen molar-refractivity contribution in [3.8, 4) is 5.75 Å². The molecular weight excluding hydrogens is 354 g/mol. The van der Waals surface area contributed by atoms with Gasteiger partial charge in [0.15, 0.2) is 0 Å². The van der Waals surface area contributed by atoms with Crippen LogP contribution in [0.1, 0.15) is 31.4 Å². The number of aromatic nitrogens is 2. The van der Waals surface area contributed by atoms with Gasteiger partial charge in [0.25, 0.3) is 0 Å². The van der Waals surface area contributed by atoms with Crippen LogP contribution in [0.3, 0.4) is 0 Å². The first-order valence-electron chi connectivity index (χ1n) is 8.90. The van der Waals surface area contributed by atoms with Gasteiger partial charge in [-0.15, -0.1) is 0 Å². The van der Waals surface area contributed by atoms with Crippen LogP contribution >= 0.6 is 0 Å². The highest BCUT2D eigenvalue weighted by atomic mass is 19.3. The van der Waals surface area contributed by atoms with E-state index in [1.165, 1.54) is 12.1 Å². The SMILES string of the molecule is CC(NC(=O)C1CCCN(c2ncccn2)C1)c1ccc(OC(F)F)cc1. The average Bonchev–Trinajstić information content (AvgIpc) is 2.69. The third kappa shape index (κ3) is 5.12. The molecule has 27 heavy (non-hydrogen) atoms. The van der Waals surface area contributed by atoms with Crippen molar-refractivity contribution in [1.82, 2.24) is 15.3 Å². The first-order valence-corrected chi connectivity index (χ1v) is 8.90. The topological polar surface area (TPSA) is 67.4 Å². The zero-order valence-corrected chi connectivity index (χ0v) is 15.0. The summed E-state index contributed by atoms with van der Waals surface area (Å²) >= 11 is 0. The Labute approximate surface area is 156 Å². The first kappa shape index (κ1) is 19.0. The second-order valence-electron chi connectivity index (χ2n) is 6.51. The molecule has 0 aliphatic carbocycles. The number of ether oxygens (including phenoxy) is 1. The van der Waals surface area contributed by atoms with E-state index < -0.39 is 6.61 Å².